The molecular formula is C33H20N8. The number of hydrogen-bond donors (Lipinski definition) is 0. The SMILES string of the molecule is c1cncc(-c2nc(-c3cccnc3)nc(-c3cccc(-c4nc5ccccc5c5nc6ccccn6c45)c3)n2)c1. The molecule has 8 heteroatoms. The zero-order valence-electron chi connectivity index (χ0n) is 21.6. The highest BCUT2D eigenvalue weighted by Crippen LogP contribution is 2.34. The normalized spacial score (nSPS) is 11.4. The second kappa shape index (κ2) is 9.39. The van der Waals surface area contributed by atoms with Gasteiger partial charge in [-0.25, -0.2) is 24.9 Å². The summed E-state index contributed by atoms with van der Waals surface area (Å²) >= 11 is 0. The van der Waals surface area contributed by atoms with Gasteiger partial charge < -0.3 is 0 Å². The van der Waals surface area contributed by atoms with Gasteiger partial charge in [0.1, 0.15) is 11.2 Å². The van der Waals surface area contributed by atoms with E-state index < -0.39 is 0 Å². The fraction of sp³-hybridized carbons (Fsp3) is 0. The summed E-state index contributed by atoms with van der Waals surface area (Å²) in [6.07, 6.45) is 9.00. The molecule has 0 bridgehead atoms. The maximum atomic E-state index is 5.13. The Balaban J connectivity index is 1.36. The summed E-state index contributed by atoms with van der Waals surface area (Å²) in [7, 11) is 0. The minimum absolute atomic E-state index is 0.542. The number of rotatable bonds is 4. The molecule has 0 aliphatic carbocycles. The van der Waals surface area contributed by atoms with Gasteiger partial charge in [-0.05, 0) is 48.5 Å². The molecule has 0 aliphatic heterocycles. The summed E-state index contributed by atoms with van der Waals surface area (Å²) in [5.41, 5.74) is 7.88. The summed E-state index contributed by atoms with van der Waals surface area (Å²) in [4.78, 5) is 33.1. The van der Waals surface area contributed by atoms with Gasteiger partial charge in [-0.3, -0.25) is 14.4 Å². The van der Waals surface area contributed by atoms with Crippen molar-refractivity contribution < 1.29 is 0 Å². The van der Waals surface area contributed by atoms with Gasteiger partial charge in [-0.2, -0.15) is 0 Å². The second-order valence-corrected chi connectivity index (χ2v) is 9.59. The highest BCUT2D eigenvalue weighted by molar-refractivity contribution is 6.09. The Morgan fingerprint density at radius 3 is 1.90 bits per heavy atom. The molecule has 2 aromatic carbocycles. The summed E-state index contributed by atoms with van der Waals surface area (Å²) < 4.78 is 2.10. The van der Waals surface area contributed by atoms with Crippen LogP contribution in [0.5, 0.6) is 0 Å². The average molecular weight is 529 g/mol. The summed E-state index contributed by atoms with van der Waals surface area (Å²) in [5, 5.41) is 1.02. The van der Waals surface area contributed by atoms with E-state index in [0.29, 0.717) is 17.5 Å². The smallest absolute Gasteiger partial charge is 0.165 e. The molecule has 192 valence electrons. The van der Waals surface area contributed by atoms with E-state index in [1.165, 1.54) is 0 Å². The van der Waals surface area contributed by atoms with Crippen molar-refractivity contribution in [2.24, 2.45) is 0 Å². The third kappa shape index (κ3) is 3.97. The Labute approximate surface area is 234 Å². The van der Waals surface area contributed by atoms with Gasteiger partial charge in [0.25, 0.3) is 0 Å². The van der Waals surface area contributed by atoms with Gasteiger partial charge in [0, 0.05) is 58.6 Å². The van der Waals surface area contributed by atoms with Crippen molar-refractivity contribution in [1.82, 2.24) is 39.3 Å². The zero-order valence-corrected chi connectivity index (χ0v) is 21.6. The van der Waals surface area contributed by atoms with Crippen LogP contribution in [0, 0.1) is 0 Å². The summed E-state index contributed by atoms with van der Waals surface area (Å²) in [6.45, 7) is 0. The standard InChI is InChI=1S/C33H20N8/c1-2-13-26-25(12-1)29-30(41-17-4-3-14-27(41)37-29)28(36-26)21-8-5-9-22(18-21)31-38-32(23-10-6-15-34-19-23)40-33(39-31)24-11-7-16-35-20-24/h1-20H. The first-order chi connectivity index (χ1) is 20.3. The molecule has 0 atom stereocenters. The zero-order chi connectivity index (χ0) is 27.2. The molecule has 6 heterocycles. The van der Waals surface area contributed by atoms with Crippen LogP contribution >= 0.6 is 0 Å². The lowest BCUT2D eigenvalue weighted by Gasteiger charge is -2.10. The van der Waals surface area contributed by atoms with E-state index in [1.807, 2.05) is 79.0 Å². The topological polar surface area (TPSA) is 94.6 Å². The Kier molecular flexibility index (Phi) is 5.28. The van der Waals surface area contributed by atoms with Crippen LogP contribution in [0.4, 0.5) is 0 Å². The van der Waals surface area contributed by atoms with Crippen LogP contribution < -0.4 is 0 Å². The van der Waals surface area contributed by atoms with Crippen molar-refractivity contribution >= 4 is 27.6 Å². The van der Waals surface area contributed by atoms with Crippen LogP contribution in [-0.4, -0.2) is 39.3 Å². The molecule has 6 aromatic heterocycles. The lowest BCUT2D eigenvalue weighted by molar-refractivity contribution is 1.07. The Morgan fingerprint density at radius 2 is 1.17 bits per heavy atom. The molecule has 0 unspecified atom stereocenters. The van der Waals surface area contributed by atoms with E-state index in [2.05, 4.69) is 32.6 Å². The van der Waals surface area contributed by atoms with Gasteiger partial charge in [0.05, 0.1) is 16.7 Å². The predicted molar refractivity (Wildman–Crippen MR) is 159 cm³/mol. The first kappa shape index (κ1) is 23.0. The molecular weight excluding hydrogens is 508 g/mol. The molecule has 0 N–H and O–H groups in total. The lowest BCUT2D eigenvalue weighted by atomic mass is 10.0. The fourth-order valence-corrected chi connectivity index (χ4v) is 5.11. The number of pyridine rings is 4. The van der Waals surface area contributed by atoms with E-state index in [1.54, 1.807) is 24.8 Å². The molecule has 8 nitrogen and oxygen atoms in total. The highest BCUT2D eigenvalue weighted by Gasteiger charge is 2.18. The average Bonchev–Trinajstić information content (AvgIpc) is 3.45. The summed E-state index contributed by atoms with van der Waals surface area (Å²) in [6, 6.07) is 29.9. The van der Waals surface area contributed by atoms with Crippen LogP contribution in [0.1, 0.15) is 0 Å². The van der Waals surface area contributed by atoms with Gasteiger partial charge in [-0.15, -0.1) is 0 Å². The highest BCUT2D eigenvalue weighted by atomic mass is 15.0. The minimum atomic E-state index is 0.542. The number of benzene rings is 2. The fourth-order valence-electron chi connectivity index (χ4n) is 5.11. The quantitative estimate of drug-likeness (QED) is 0.251. The molecule has 41 heavy (non-hydrogen) atoms. The molecule has 0 amide bonds. The van der Waals surface area contributed by atoms with Crippen molar-refractivity contribution in [3.63, 3.8) is 0 Å². The monoisotopic (exact) mass is 528 g/mol. The van der Waals surface area contributed by atoms with Crippen LogP contribution in [0.15, 0.2) is 122 Å². The van der Waals surface area contributed by atoms with E-state index in [4.69, 9.17) is 24.9 Å². The van der Waals surface area contributed by atoms with Crippen molar-refractivity contribution in [1.29, 1.82) is 0 Å². The van der Waals surface area contributed by atoms with E-state index in [0.717, 1.165) is 55.5 Å². The van der Waals surface area contributed by atoms with Crippen LogP contribution in [-0.2, 0) is 0 Å². The Bertz CT molecular complexity index is 2150. The van der Waals surface area contributed by atoms with E-state index in [9.17, 15) is 0 Å². The Hall–Kier alpha value is -5.89. The van der Waals surface area contributed by atoms with E-state index >= 15 is 0 Å². The molecule has 0 spiro atoms. The molecule has 8 rings (SSSR count). The molecule has 0 fully saturated rings. The van der Waals surface area contributed by atoms with Gasteiger partial charge >= 0.3 is 0 Å². The molecule has 0 saturated heterocycles. The largest absolute Gasteiger partial charge is 0.298 e. The molecule has 0 aliphatic rings. The van der Waals surface area contributed by atoms with E-state index in [-0.39, 0.29) is 0 Å². The van der Waals surface area contributed by atoms with Crippen molar-refractivity contribution in [3.8, 4) is 45.4 Å². The number of imidazole rings is 1. The van der Waals surface area contributed by atoms with Crippen molar-refractivity contribution in [3.05, 3.63) is 122 Å². The van der Waals surface area contributed by atoms with Crippen molar-refractivity contribution in [2.45, 2.75) is 0 Å². The lowest BCUT2D eigenvalue weighted by Crippen LogP contribution is -2.00. The first-order valence-corrected chi connectivity index (χ1v) is 13.1. The third-order valence-corrected chi connectivity index (χ3v) is 7.01. The second-order valence-electron chi connectivity index (χ2n) is 9.59. The Morgan fingerprint density at radius 1 is 0.512 bits per heavy atom. The molecule has 0 saturated carbocycles. The van der Waals surface area contributed by atoms with Crippen LogP contribution in [0.25, 0.3) is 73.0 Å². The van der Waals surface area contributed by atoms with Gasteiger partial charge in [0.2, 0.25) is 0 Å². The number of fused-ring (bicyclic) bond motifs is 5. The maximum absolute atomic E-state index is 5.13. The molecule has 8 aromatic rings. The predicted octanol–water partition coefficient (Wildman–Crippen LogP) is 6.68. The number of hydrogen-bond acceptors (Lipinski definition) is 7. The number of aromatic nitrogens is 8. The first-order valence-electron chi connectivity index (χ1n) is 13.1. The van der Waals surface area contributed by atoms with Crippen LogP contribution in [0.2, 0.25) is 0 Å². The van der Waals surface area contributed by atoms with Crippen molar-refractivity contribution in [2.75, 3.05) is 0 Å². The molecule has 0 radical (unpaired) electrons. The third-order valence-electron chi connectivity index (χ3n) is 7.01. The summed E-state index contributed by atoms with van der Waals surface area (Å²) in [5.74, 6) is 1.63. The van der Waals surface area contributed by atoms with Gasteiger partial charge in [0.15, 0.2) is 17.5 Å². The van der Waals surface area contributed by atoms with Gasteiger partial charge in [-0.1, -0.05) is 42.5 Å². The number of para-hydroxylation sites is 1. The van der Waals surface area contributed by atoms with Crippen LogP contribution in [0.3, 0.4) is 0 Å². The maximum Gasteiger partial charge on any atom is 0.165 e. The minimum Gasteiger partial charge on any atom is -0.298 e. The number of nitrogens with zero attached hydrogens (tertiary/aromatic N) is 8.